The zero-order valence-corrected chi connectivity index (χ0v) is 21.4. The molecule has 2 N–H and O–H groups in total. The Balaban J connectivity index is 1.32. The molecule has 5 rings (SSSR count). The smallest absolute Gasteiger partial charge is 0.274 e. The monoisotopic (exact) mass is 519 g/mol. The molecule has 0 radical (unpaired) electrons. The highest BCUT2D eigenvalue weighted by molar-refractivity contribution is 6.07. The van der Waals surface area contributed by atoms with Gasteiger partial charge < -0.3 is 24.8 Å². The predicted octanol–water partition coefficient (Wildman–Crippen LogP) is 3.04. The van der Waals surface area contributed by atoms with E-state index in [1.165, 1.54) is 18.5 Å². The zero-order chi connectivity index (χ0) is 26.9. The summed E-state index contributed by atoms with van der Waals surface area (Å²) in [6, 6.07) is 13.2. The van der Waals surface area contributed by atoms with Gasteiger partial charge in [-0.05, 0) is 62.1 Å². The number of nitrogens with zero attached hydrogens (tertiary/aromatic N) is 3. The van der Waals surface area contributed by atoms with Crippen LogP contribution in [0.2, 0.25) is 0 Å². The lowest BCUT2D eigenvalue weighted by atomic mass is 9.93. The topological polar surface area (TPSA) is 106 Å². The number of amides is 3. The standard InChI is InChI=1S/C28H30FN5O4/c1-3-38-22-12-6-19(7-13-22)14-30-25(35)23-24-26(36)34(21-10-11-21)28(2,16-33(24)17-32-23)27(37)31-15-18-4-8-20(29)9-5-18/h4-9,12-13,17,21H,3,10-11,14-16H2,1-2H3,(H,30,35)(H,31,37)/t28-/m0/s1. The second-order valence-electron chi connectivity index (χ2n) is 9.82. The molecule has 0 spiro atoms. The average molecular weight is 520 g/mol. The summed E-state index contributed by atoms with van der Waals surface area (Å²) in [6.07, 6.45) is 3.02. The van der Waals surface area contributed by atoms with Crippen LogP contribution in [0.15, 0.2) is 54.9 Å². The summed E-state index contributed by atoms with van der Waals surface area (Å²) < 4.78 is 20.3. The molecule has 9 nitrogen and oxygen atoms in total. The van der Waals surface area contributed by atoms with E-state index in [4.69, 9.17) is 4.74 Å². The minimum atomic E-state index is -1.16. The second kappa shape index (κ2) is 10.3. The van der Waals surface area contributed by atoms with E-state index in [0.29, 0.717) is 6.61 Å². The van der Waals surface area contributed by atoms with Gasteiger partial charge in [-0.25, -0.2) is 9.37 Å². The maximum Gasteiger partial charge on any atom is 0.274 e. The fourth-order valence-corrected chi connectivity index (χ4v) is 4.83. The van der Waals surface area contributed by atoms with Gasteiger partial charge in [0.25, 0.3) is 11.8 Å². The van der Waals surface area contributed by atoms with E-state index in [0.717, 1.165) is 29.7 Å². The van der Waals surface area contributed by atoms with Gasteiger partial charge in [-0.15, -0.1) is 0 Å². The van der Waals surface area contributed by atoms with Crippen LogP contribution in [0.25, 0.3) is 0 Å². The number of hydrogen-bond donors (Lipinski definition) is 2. The highest BCUT2D eigenvalue weighted by Gasteiger charge is 2.53. The van der Waals surface area contributed by atoms with Crippen molar-refractivity contribution in [2.24, 2.45) is 0 Å². The largest absolute Gasteiger partial charge is 0.494 e. The minimum Gasteiger partial charge on any atom is -0.494 e. The van der Waals surface area contributed by atoms with E-state index in [-0.39, 0.29) is 54.7 Å². The van der Waals surface area contributed by atoms with Crippen LogP contribution in [0.1, 0.15) is 58.8 Å². The second-order valence-corrected chi connectivity index (χ2v) is 9.82. The molecule has 0 saturated heterocycles. The van der Waals surface area contributed by atoms with Crippen LogP contribution in [0.3, 0.4) is 0 Å². The molecule has 1 fully saturated rings. The van der Waals surface area contributed by atoms with E-state index in [1.54, 1.807) is 28.5 Å². The molecule has 1 saturated carbocycles. The lowest BCUT2D eigenvalue weighted by Gasteiger charge is -2.44. The molecule has 1 aliphatic carbocycles. The van der Waals surface area contributed by atoms with Crippen molar-refractivity contribution in [1.82, 2.24) is 25.1 Å². The van der Waals surface area contributed by atoms with Gasteiger partial charge in [0.1, 0.15) is 22.8 Å². The molecule has 1 aromatic heterocycles. The summed E-state index contributed by atoms with van der Waals surface area (Å²) in [5.41, 5.74) is 0.692. The number of halogens is 1. The highest BCUT2D eigenvalue weighted by Crippen LogP contribution is 2.38. The third-order valence-corrected chi connectivity index (χ3v) is 6.94. The number of nitrogens with one attached hydrogen (secondary N) is 2. The Morgan fingerprint density at radius 1 is 1.05 bits per heavy atom. The van der Waals surface area contributed by atoms with Gasteiger partial charge in [0.2, 0.25) is 5.91 Å². The zero-order valence-electron chi connectivity index (χ0n) is 21.4. The number of aromatic nitrogens is 2. The van der Waals surface area contributed by atoms with Gasteiger partial charge in [-0.2, -0.15) is 0 Å². The number of ether oxygens (including phenoxy) is 1. The first-order valence-corrected chi connectivity index (χ1v) is 12.7. The maximum atomic E-state index is 13.7. The Hall–Kier alpha value is -4.21. The van der Waals surface area contributed by atoms with Crippen LogP contribution < -0.4 is 15.4 Å². The Kier molecular flexibility index (Phi) is 6.88. The summed E-state index contributed by atoms with van der Waals surface area (Å²) in [5.74, 6) is -0.760. The molecular formula is C28H30FN5O4. The summed E-state index contributed by atoms with van der Waals surface area (Å²) in [7, 11) is 0. The van der Waals surface area contributed by atoms with Crippen LogP contribution in [-0.2, 0) is 24.4 Å². The van der Waals surface area contributed by atoms with Gasteiger partial charge in [-0.1, -0.05) is 24.3 Å². The maximum absolute atomic E-state index is 13.7. The Bertz CT molecular complexity index is 1350. The molecule has 2 heterocycles. The Labute approximate surface area is 220 Å². The molecule has 2 aliphatic rings. The average Bonchev–Trinajstić information content (AvgIpc) is 3.65. The molecule has 2 aromatic carbocycles. The van der Waals surface area contributed by atoms with Crippen LogP contribution in [0.4, 0.5) is 4.39 Å². The van der Waals surface area contributed by atoms with E-state index >= 15 is 0 Å². The summed E-state index contributed by atoms with van der Waals surface area (Å²) in [5, 5.41) is 5.73. The van der Waals surface area contributed by atoms with E-state index < -0.39 is 11.4 Å². The normalized spacial score (nSPS) is 18.6. The van der Waals surface area contributed by atoms with Crippen molar-refractivity contribution >= 4 is 17.7 Å². The van der Waals surface area contributed by atoms with Gasteiger partial charge in [0.05, 0.1) is 19.5 Å². The van der Waals surface area contributed by atoms with Crippen molar-refractivity contribution in [3.05, 3.63) is 83.2 Å². The molecule has 1 aliphatic heterocycles. The molecule has 0 bridgehead atoms. The summed E-state index contributed by atoms with van der Waals surface area (Å²) >= 11 is 0. The predicted molar refractivity (Wildman–Crippen MR) is 137 cm³/mol. The van der Waals surface area contributed by atoms with Gasteiger partial charge in [-0.3, -0.25) is 14.4 Å². The first-order valence-electron chi connectivity index (χ1n) is 12.7. The first-order chi connectivity index (χ1) is 18.3. The van der Waals surface area contributed by atoms with Crippen LogP contribution in [0, 0.1) is 5.82 Å². The van der Waals surface area contributed by atoms with E-state index in [9.17, 15) is 18.8 Å². The van der Waals surface area contributed by atoms with Crippen LogP contribution in [-0.4, -0.2) is 50.4 Å². The van der Waals surface area contributed by atoms with Crippen molar-refractivity contribution < 1.29 is 23.5 Å². The van der Waals surface area contributed by atoms with Crippen LogP contribution in [0.5, 0.6) is 5.75 Å². The SMILES string of the molecule is CCOc1ccc(CNC(=O)c2ncn3c2C(=O)N(C2CC2)[C@](C)(C(=O)NCc2ccc(F)cc2)C3)cc1. The lowest BCUT2D eigenvalue weighted by Crippen LogP contribution is -2.64. The molecule has 10 heteroatoms. The van der Waals surface area contributed by atoms with Crippen molar-refractivity contribution in [2.45, 2.75) is 57.9 Å². The molecule has 0 unspecified atom stereocenters. The fraction of sp³-hybridized carbons (Fsp3) is 0.357. The quantitative estimate of drug-likeness (QED) is 0.452. The molecular weight excluding hydrogens is 489 g/mol. The highest BCUT2D eigenvalue weighted by atomic mass is 19.1. The molecule has 38 heavy (non-hydrogen) atoms. The van der Waals surface area contributed by atoms with Crippen molar-refractivity contribution in [2.75, 3.05) is 6.61 Å². The first kappa shape index (κ1) is 25.4. The van der Waals surface area contributed by atoms with Gasteiger partial charge in [0, 0.05) is 19.1 Å². The van der Waals surface area contributed by atoms with Crippen molar-refractivity contribution in [1.29, 1.82) is 0 Å². The third-order valence-electron chi connectivity index (χ3n) is 6.94. The minimum absolute atomic E-state index is 0.0420. The molecule has 198 valence electrons. The number of imidazole rings is 1. The number of carbonyl (C=O) groups excluding carboxylic acids is 3. The van der Waals surface area contributed by atoms with E-state index in [1.807, 2.05) is 31.2 Å². The van der Waals surface area contributed by atoms with Gasteiger partial charge in [0.15, 0.2) is 5.69 Å². The van der Waals surface area contributed by atoms with E-state index in [2.05, 4.69) is 15.6 Å². The number of fused-ring (bicyclic) bond motifs is 1. The summed E-state index contributed by atoms with van der Waals surface area (Å²) in [4.78, 5) is 46.1. The lowest BCUT2D eigenvalue weighted by molar-refractivity contribution is -0.133. The Morgan fingerprint density at radius 3 is 2.32 bits per heavy atom. The fourth-order valence-electron chi connectivity index (χ4n) is 4.83. The third kappa shape index (κ3) is 4.98. The number of hydrogen-bond acceptors (Lipinski definition) is 5. The molecule has 1 atom stereocenters. The molecule has 3 amide bonds. The number of carbonyl (C=O) groups is 3. The van der Waals surface area contributed by atoms with Crippen molar-refractivity contribution in [3.63, 3.8) is 0 Å². The van der Waals surface area contributed by atoms with Crippen molar-refractivity contribution in [3.8, 4) is 5.75 Å². The summed E-state index contributed by atoms with van der Waals surface area (Å²) in [6.45, 7) is 4.85. The van der Waals surface area contributed by atoms with Gasteiger partial charge >= 0.3 is 0 Å². The molecule has 3 aromatic rings. The Morgan fingerprint density at radius 2 is 1.68 bits per heavy atom. The number of rotatable bonds is 9. The van der Waals surface area contributed by atoms with Crippen LogP contribution >= 0.6 is 0 Å². The number of benzene rings is 2.